The lowest BCUT2D eigenvalue weighted by Crippen LogP contribution is -1.98. The van der Waals surface area contributed by atoms with E-state index in [9.17, 15) is 9.59 Å². The van der Waals surface area contributed by atoms with Crippen molar-refractivity contribution in [3.05, 3.63) is 24.3 Å². The lowest BCUT2D eigenvalue weighted by molar-refractivity contribution is -0.136. The number of ether oxygens (including phenoxy) is 1. The summed E-state index contributed by atoms with van der Waals surface area (Å²) in [5, 5.41) is 16.2. The molecule has 0 radical (unpaired) electrons. The van der Waals surface area contributed by atoms with Gasteiger partial charge in [-0.3, -0.25) is 0 Å². The van der Waals surface area contributed by atoms with E-state index in [0.717, 1.165) is 0 Å². The number of hydrogen-bond donors (Lipinski definition) is 1. The maximum Gasteiger partial charge on any atom is 0.332 e. The summed E-state index contributed by atoms with van der Waals surface area (Å²) in [5.41, 5.74) is 0.527. The molecule has 16 heavy (non-hydrogen) atoms. The van der Waals surface area contributed by atoms with Crippen molar-refractivity contribution in [1.82, 2.24) is 0 Å². The normalized spacial score (nSPS) is 7.81. The summed E-state index contributed by atoms with van der Waals surface area (Å²) in [6.07, 6.45) is 0.483. The molecule has 0 aromatic heterocycles. The molecule has 5 heteroatoms. The second-order valence-electron chi connectivity index (χ2n) is 2.84. The minimum absolute atomic E-state index is 0.0940. The van der Waals surface area contributed by atoms with E-state index < -0.39 is 5.97 Å². The van der Waals surface area contributed by atoms with Crippen molar-refractivity contribution in [3.8, 4) is 6.07 Å². The fourth-order valence-electron chi connectivity index (χ4n) is 0.488. The highest BCUT2D eigenvalue weighted by Crippen LogP contribution is 1.99. The van der Waals surface area contributed by atoms with Crippen LogP contribution in [0.25, 0.3) is 0 Å². The fraction of sp³-hybridized carbons (Fsp3) is 0.364. The molecule has 0 aromatic rings. The molecule has 0 fully saturated rings. The summed E-state index contributed by atoms with van der Waals surface area (Å²) in [4.78, 5) is 20.2. The minimum atomic E-state index is -1.02. The minimum Gasteiger partial charge on any atom is -0.478 e. The highest BCUT2D eigenvalue weighted by Gasteiger charge is 2.00. The molecule has 0 bridgehead atoms. The van der Waals surface area contributed by atoms with Gasteiger partial charge in [-0.25, -0.2) is 9.59 Å². The van der Waals surface area contributed by atoms with E-state index in [-0.39, 0.29) is 24.4 Å². The predicted octanol–water partition coefficient (Wildman–Crippen LogP) is 1.67. The van der Waals surface area contributed by atoms with Crippen LogP contribution in [0.4, 0.5) is 0 Å². The number of carbonyl (C=O) groups is 2. The molecule has 0 heterocycles. The molecule has 0 aliphatic heterocycles. The largest absolute Gasteiger partial charge is 0.478 e. The molecule has 88 valence electrons. The summed E-state index contributed by atoms with van der Waals surface area (Å²) in [7, 11) is 1.33. The van der Waals surface area contributed by atoms with Gasteiger partial charge >= 0.3 is 11.9 Å². The summed E-state index contributed by atoms with van der Waals surface area (Å²) in [6.45, 7) is 8.20. The summed E-state index contributed by atoms with van der Waals surface area (Å²) >= 11 is 0. The first kappa shape index (κ1) is 16.3. The number of carboxylic acids is 1. The Bertz CT molecular complexity index is 325. The van der Waals surface area contributed by atoms with E-state index in [0.29, 0.717) is 5.57 Å². The molecule has 0 aromatic carbocycles. The summed E-state index contributed by atoms with van der Waals surface area (Å²) in [6, 6.07) is 1.83. The van der Waals surface area contributed by atoms with Gasteiger partial charge in [0, 0.05) is 17.6 Å². The van der Waals surface area contributed by atoms with Gasteiger partial charge in [0.1, 0.15) is 0 Å². The van der Waals surface area contributed by atoms with Gasteiger partial charge in [-0.05, 0) is 13.3 Å². The molecule has 0 rings (SSSR count). The van der Waals surface area contributed by atoms with Gasteiger partial charge in [-0.2, -0.15) is 5.26 Å². The van der Waals surface area contributed by atoms with Crippen LogP contribution < -0.4 is 0 Å². The second kappa shape index (κ2) is 9.46. The number of nitriles is 1. The molecular formula is C11H15NO4. The average Bonchev–Trinajstić information content (AvgIpc) is 2.25. The van der Waals surface area contributed by atoms with Crippen LogP contribution in [0.5, 0.6) is 0 Å². The molecule has 0 spiro atoms. The Morgan fingerprint density at radius 3 is 2.12 bits per heavy atom. The molecule has 5 nitrogen and oxygen atoms in total. The zero-order valence-electron chi connectivity index (χ0n) is 9.45. The molecule has 0 amide bonds. The van der Waals surface area contributed by atoms with Gasteiger partial charge in [0.2, 0.25) is 0 Å². The van der Waals surface area contributed by atoms with Gasteiger partial charge in [0.05, 0.1) is 13.2 Å². The van der Waals surface area contributed by atoms with Crippen molar-refractivity contribution in [2.75, 3.05) is 7.11 Å². The number of carboxylic acid groups (broad SMARTS) is 1. The predicted molar refractivity (Wildman–Crippen MR) is 58.5 cm³/mol. The number of methoxy groups -OCH3 is 1. The Labute approximate surface area is 94.6 Å². The zero-order chi connectivity index (χ0) is 13.1. The number of rotatable bonds is 4. The van der Waals surface area contributed by atoms with E-state index in [4.69, 9.17) is 10.4 Å². The van der Waals surface area contributed by atoms with Crippen LogP contribution in [0.2, 0.25) is 0 Å². The van der Waals surface area contributed by atoms with E-state index in [2.05, 4.69) is 17.9 Å². The van der Waals surface area contributed by atoms with Crippen LogP contribution in [-0.2, 0) is 14.3 Å². The van der Waals surface area contributed by atoms with Crippen LogP contribution in [0, 0.1) is 11.3 Å². The maximum atomic E-state index is 10.2. The molecule has 0 atom stereocenters. The third-order valence-corrected chi connectivity index (χ3v) is 1.37. The molecule has 0 unspecified atom stereocenters. The Morgan fingerprint density at radius 1 is 1.44 bits per heavy atom. The molecule has 0 aliphatic rings. The summed E-state index contributed by atoms with van der Waals surface area (Å²) in [5.74, 6) is -1.37. The molecule has 1 N–H and O–H groups in total. The Morgan fingerprint density at radius 2 is 1.94 bits per heavy atom. The Balaban J connectivity index is 0. The Hall–Kier alpha value is -2.09. The molecule has 0 aliphatic carbocycles. The molecular weight excluding hydrogens is 210 g/mol. The van der Waals surface area contributed by atoms with Gasteiger partial charge < -0.3 is 9.84 Å². The van der Waals surface area contributed by atoms with E-state index >= 15 is 0 Å². The van der Waals surface area contributed by atoms with Crippen LogP contribution in [0.1, 0.15) is 19.8 Å². The lowest BCUT2D eigenvalue weighted by atomic mass is 10.2. The monoisotopic (exact) mass is 225 g/mol. The first-order chi connectivity index (χ1) is 7.36. The number of esters is 1. The van der Waals surface area contributed by atoms with Crippen molar-refractivity contribution in [2.24, 2.45) is 0 Å². The number of carbonyl (C=O) groups excluding carboxylic acids is 1. The first-order valence-corrected chi connectivity index (χ1v) is 4.38. The van der Waals surface area contributed by atoms with Gasteiger partial charge in [-0.1, -0.05) is 13.2 Å². The van der Waals surface area contributed by atoms with Crippen molar-refractivity contribution < 1.29 is 19.4 Å². The molecule has 0 saturated carbocycles. The van der Waals surface area contributed by atoms with E-state index in [1.54, 1.807) is 6.92 Å². The van der Waals surface area contributed by atoms with Gasteiger partial charge in [0.25, 0.3) is 0 Å². The van der Waals surface area contributed by atoms with E-state index in [1.165, 1.54) is 7.11 Å². The lowest BCUT2D eigenvalue weighted by Gasteiger charge is -1.91. The number of hydrogen-bond acceptors (Lipinski definition) is 4. The quantitative estimate of drug-likeness (QED) is 0.580. The fourth-order valence-corrected chi connectivity index (χ4v) is 0.488. The van der Waals surface area contributed by atoms with Crippen LogP contribution in [0.3, 0.4) is 0 Å². The van der Waals surface area contributed by atoms with Crippen molar-refractivity contribution in [3.63, 3.8) is 0 Å². The number of aliphatic carboxylic acids is 1. The second-order valence-corrected chi connectivity index (χ2v) is 2.84. The SMILES string of the molecule is C=C(C)C(=O)OC.C=C(CCC#N)C(=O)O. The van der Waals surface area contributed by atoms with Crippen molar-refractivity contribution in [1.29, 1.82) is 5.26 Å². The number of nitrogens with zero attached hydrogens (tertiary/aromatic N) is 1. The van der Waals surface area contributed by atoms with Crippen LogP contribution in [-0.4, -0.2) is 24.2 Å². The van der Waals surface area contributed by atoms with Crippen LogP contribution in [0.15, 0.2) is 24.3 Å². The topological polar surface area (TPSA) is 87.4 Å². The zero-order valence-corrected chi connectivity index (χ0v) is 9.45. The highest BCUT2D eigenvalue weighted by molar-refractivity contribution is 5.86. The maximum absolute atomic E-state index is 10.2. The highest BCUT2D eigenvalue weighted by atomic mass is 16.5. The third kappa shape index (κ3) is 9.99. The summed E-state index contributed by atoms with van der Waals surface area (Å²) < 4.78 is 4.27. The Kier molecular flexibility index (Phi) is 9.67. The van der Waals surface area contributed by atoms with E-state index in [1.807, 2.05) is 6.07 Å². The van der Waals surface area contributed by atoms with Crippen molar-refractivity contribution >= 4 is 11.9 Å². The van der Waals surface area contributed by atoms with Gasteiger partial charge in [-0.15, -0.1) is 0 Å². The third-order valence-electron chi connectivity index (χ3n) is 1.37. The first-order valence-electron chi connectivity index (χ1n) is 4.38. The average molecular weight is 225 g/mol. The standard InChI is InChI=1S/C6H7NO2.C5H8O2/c1-5(6(8)9)3-2-4-7;1-4(2)5(6)7-3/h1-3H2,(H,8,9);1H2,2-3H3. The van der Waals surface area contributed by atoms with Gasteiger partial charge in [0.15, 0.2) is 0 Å². The van der Waals surface area contributed by atoms with Crippen LogP contribution >= 0.6 is 0 Å². The molecule has 0 saturated heterocycles. The smallest absolute Gasteiger partial charge is 0.332 e. The van der Waals surface area contributed by atoms with Crippen molar-refractivity contribution in [2.45, 2.75) is 19.8 Å².